The van der Waals surface area contributed by atoms with Crippen LogP contribution in [-0.2, 0) is 11.2 Å². The lowest BCUT2D eigenvalue weighted by Gasteiger charge is -2.16. The van der Waals surface area contributed by atoms with Gasteiger partial charge in [-0.05, 0) is 18.1 Å². The quantitative estimate of drug-likeness (QED) is 0.750. The van der Waals surface area contributed by atoms with Gasteiger partial charge in [-0.1, -0.05) is 31.2 Å². The van der Waals surface area contributed by atoms with Crippen molar-refractivity contribution in [2.24, 2.45) is 5.92 Å². The Kier molecular flexibility index (Phi) is 5.37. The van der Waals surface area contributed by atoms with Crippen molar-refractivity contribution in [2.75, 3.05) is 19.7 Å². The van der Waals surface area contributed by atoms with E-state index in [1.165, 1.54) is 12.5 Å². The third-order valence-corrected chi connectivity index (χ3v) is 4.82. The third-order valence-electron chi connectivity index (χ3n) is 4.82. The smallest absolute Gasteiger partial charge is 0.271 e. The number of aliphatic hydroxyl groups excluding tert-OH is 1. The van der Waals surface area contributed by atoms with Gasteiger partial charge >= 0.3 is 0 Å². The Morgan fingerprint density at radius 2 is 2.04 bits per heavy atom. The van der Waals surface area contributed by atoms with Crippen LogP contribution < -0.4 is 5.32 Å². The highest BCUT2D eigenvalue weighted by atomic mass is 16.3. The average molecular weight is 356 g/mol. The van der Waals surface area contributed by atoms with Crippen molar-refractivity contribution in [3.05, 3.63) is 41.6 Å². The van der Waals surface area contributed by atoms with Crippen molar-refractivity contribution in [1.29, 1.82) is 0 Å². The van der Waals surface area contributed by atoms with E-state index in [1.807, 2.05) is 12.1 Å². The molecule has 2 atom stereocenters. The van der Waals surface area contributed by atoms with Crippen LogP contribution in [0.2, 0.25) is 0 Å². The fourth-order valence-electron chi connectivity index (χ4n) is 3.31. The molecular weight excluding hydrogens is 332 g/mol. The SMILES string of the molecule is CCc1ccc(-c2cc(C(=O)N3C[C@@H](CO)[C@H](NC(C)=O)C3)[nH]n2)cc1. The number of aliphatic hydroxyl groups is 1. The highest BCUT2D eigenvalue weighted by Crippen LogP contribution is 2.22. The zero-order chi connectivity index (χ0) is 18.7. The summed E-state index contributed by atoms with van der Waals surface area (Å²) in [5.41, 5.74) is 3.31. The number of nitrogens with zero attached hydrogens (tertiary/aromatic N) is 2. The Labute approximate surface area is 152 Å². The Bertz CT molecular complexity index is 784. The van der Waals surface area contributed by atoms with Crippen LogP contribution in [0.5, 0.6) is 0 Å². The molecule has 3 N–H and O–H groups in total. The van der Waals surface area contributed by atoms with Crippen molar-refractivity contribution >= 4 is 11.8 Å². The van der Waals surface area contributed by atoms with E-state index < -0.39 is 0 Å². The molecule has 0 saturated carbocycles. The van der Waals surface area contributed by atoms with E-state index in [0.717, 1.165) is 12.0 Å². The predicted octanol–water partition coefficient (Wildman–Crippen LogP) is 1.21. The Hall–Kier alpha value is -2.67. The molecule has 1 aromatic carbocycles. The van der Waals surface area contributed by atoms with Crippen molar-refractivity contribution in [2.45, 2.75) is 26.3 Å². The van der Waals surface area contributed by atoms with E-state index in [1.54, 1.807) is 11.0 Å². The van der Waals surface area contributed by atoms with Gasteiger partial charge in [-0.25, -0.2) is 0 Å². The summed E-state index contributed by atoms with van der Waals surface area (Å²) in [7, 11) is 0. The van der Waals surface area contributed by atoms with Crippen LogP contribution in [0.1, 0.15) is 29.9 Å². The molecule has 3 rings (SSSR count). The van der Waals surface area contributed by atoms with E-state index in [9.17, 15) is 14.7 Å². The molecule has 0 bridgehead atoms. The first-order chi connectivity index (χ1) is 12.5. The van der Waals surface area contributed by atoms with Crippen LogP contribution >= 0.6 is 0 Å². The van der Waals surface area contributed by atoms with Crippen LogP contribution in [0.3, 0.4) is 0 Å². The number of benzene rings is 1. The number of likely N-dealkylation sites (tertiary alicyclic amines) is 1. The highest BCUT2D eigenvalue weighted by molar-refractivity contribution is 5.93. The minimum Gasteiger partial charge on any atom is -0.396 e. The number of hydrogen-bond donors (Lipinski definition) is 3. The lowest BCUT2D eigenvalue weighted by atomic mass is 10.1. The van der Waals surface area contributed by atoms with Gasteiger partial charge in [-0.2, -0.15) is 5.10 Å². The van der Waals surface area contributed by atoms with E-state index in [-0.39, 0.29) is 30.4 Å². The summed E-state index contributed by atoms with van der Waals surface area (Å²) in [5.74, 6) is -0.505. The van der Waals surface area contributed by atoms with Gasteiger partial charge in [0.05, 0.1) is 11.7 Å². The summed E-state index contributed by atoms with van der Waals surface area (Å²) in [4.78, 5) is 25.7. The molecule has 1 aliphatic heterocycles. The number of H-pyrrole nitrogens is 1. The van der Waals surface area contributed by atoms with Gasteiger partial charge in [-0.15, -0.1) is 0 Å². The lowest BCUT2D eigenvalue weighted by Crippen LogP contribution is -2.40. The molecule has 0 unspecified atom stereocenters. The summed E-state index contributed by atoms with van der Waals surface area (Å²) < 4.78 is 0. The standard InChI is InChI=1S/C19H24N4O3/c1-3-13-4-6-14(7-5-13)16-8-17(22-21-16)19(26)23-9-15(11-24)18(10-23)20-12(2)25/h4-8,15,18,24H,3,9-11H2,1-2H3,(H,20,25)(H,21,22)/t15-,18+/m0/s1. The number of aromatic amines is 1. The molecule has 1 fully saturated rings. The van der Waals surface area contributed by atoms with Crippen molar-refractivity contribution < 1.29 is 14.7 Å². The first kappa shape index (κ1) is 18.1. The van der Waals surface area contributed by atoms with Crippen LogP contribution in [0, 0.1) is 5.92 Å². The summed E-state index contributed by atoms with van der Waals surface area (Å²) in [6.07, 6.45) is 0.973. The first-order valence-corrected chi connectivity index (χ1v) is 8.83. The normalized spacial score (nSPS) is 19.6. The minimum absolute atomic E-state index is 0.0767. The summed E-state index contributed by atoms with van der Waals surface area (Å²) in [6.45, 7) is 4.24. The second-order valence-electron chi connectivity index (χ2n) is 6.68. The number of carbonyl (C=O) groups excluding carboxylic acids is 2. The molecular formula is C19H24N4O3. The second kappa shape index (κ2) is 7.70. The number of rotatable bonds is 5. The number of aryl methyl sites for hydroxylation is 1. The Morgan fingerprint density at radius 3 is 2.65 bits per heavy atom. The zero-order valence-corrected chi connectivity index (χ0v) is 15.0. The molecule has 7 nitrogen and oxygen atoms in total. The second-order valence-corrected chi connectivity index (χ2v) is 6.68. The molecule has 2 amide bonds. The van der Waals surface area contributed by atoms with Gasteiger partial charge in [-0.3, -0.25) is 14.7 Å². The molecule has 2 heterocycles. The van der Waals surface area contributed by atoms with Gasteiger partial charge in [0.2, 0.25) is 5.91 Å². The van der Waals surface area contributed by atoms with Crippen molar-refractivity contribution in [3.63, 3.8) is 0 Å². The molecule has 138 valence electrons. The summed E-state index contributed by atoms with van der Waals surface area (Å²) >= 11 is 0. The monoisotopic (exact) mass is 356 g/mol. The van der Waals surface area contributed by atoms with Gasteiger partial charge in [0, 0.05) is 38.1 Å². The van der Waals surface area contributed by atoms with E-state index >= 15 is 0 Å². The molecule has 1 saturated heterocycles. The molecule has 0 radical (unpaired) electrons. The lowest BCUT2D eigenvalue weighted by molar-refractivity contribution is -0.119. The number of carbonyl (C=O) groups is 2. The van der Waals surface area contributed by atoms with Crippen LogP contribution in [0.15, 0.2) is 30.3 Å². The largest absolute Gasteiger partial charge is 0.396 e. The summed E-state index contributed by atoms with van der Waals surface area (Å²) in [5, 5.41) is 19.4. The first-order valence-electron chi connectivity index (χ1n) is 8.83. The molecule has 1 aromatic heterocycles. The van der Waals surface area contributed by atoms with E-state index in [2.05, 4.69) is 34.6 Å². The number of aromatic nitrogens is 2. The minimum atomic E-state index is -0.231. The van der Waals surface area contributed by atoms with Gasteiger partial charge in [0.25, 0.3) is 5.91 Å². The maximum atomic E-state index is 12.7. The Balaban J connectivity index is 1.72. The van der Waals surface area contributed by atoms with Crippen molar-refractivity contribution in [3.8, 4) is 11.3 Å². The molecule has 0 aliphatic carbocycles. The number of amides is 2. The van der Waals surface area contributed by atoms with Gasteiger partial charge in [0.1, 0.15) is 5.69 Å². The molecule has 7 heteroatoms. The molecule has 26 heavy (non-hydrogen) atoms. The predicted molar refractivity (Wildman–Crippen MR) is 97.5 cm³/mol. The topological polar surface area (TPSA) is 98.3 Å². The van der Waals surface area contributed by atoms with Gasteiger partial charge in [0.15, 0.2) is 0 Å². The average Bonchev–Trinajstić information content (AvgIpc) is 3.28. The van der Waals surface area contributed by atoms with Gasteiger partial charge < -0.3 is 15.3 Å². The van der Waals surface area contributed by atoms with Crippen LogP contribution in [0.4, 0.5) is 0 Å². The van der Waals surface area contributed by atoms with Crippen LogP contribution in [0.25, 0.3) is 11.3 Å². The van der Waals surface area contributed by atoms with Crippen molar-refractivity contribution in [1.82, 2.24) is 20.4 Å². The maximum Gasteiger partial charge on any atom is 0.271 e. The zero-order valence-electron chi connectivity index (χ0n) is 15.0. The van der Waals surface area contributed by atoms with E-state index in [4.69, 9.17) is 0 Å². The Morgan fingerprint density at radius 1 is 1.31 bits per heavy atom. The molecule has 2 aromatic rings. The molecule has 1 aliphatic rings. The summed E-state index contributed by atoms with van der Waals surface area (Å²) in [6, 6.07) is 9.60. The molecule has 0 spiro atoms. The maximum absolute atomic E-state index is 12.7. The number of hydrogen-bond acceptors (Lipinski definition) is 4. The third kappa shape index (κ3) is 3.77. The van der Waals surface area contributed by atoms with E-state index in [0.29, 0.717) is 24.5 Å². The fraction of sp³-hybridized carbons (Fsp3) is 0.421. The van der Waals surface area contributed by atoms with Crippen LogP contribution in [-0.4, -0.2) is 57.8 Å². The fourth-order valence-corrected chi connectivity index (χ4v) is 3.31. The highest BCUT2D eigenvalue weighted by Gasteiger charge is 2.36. The number of nitrogens with one attached hydrogen (secondary N) is 2.